The molecule has 12 heavy (non-hydrogen) atoms. The van der Waals surface area contributed by atoms with Gasteiger partial charge in [0.05, 0.1) is 0 Å². The minimum absolute atomic E-state index is 0. The zero-order valence-corrected chi connectivity index (χ0v) is 9.70. The van der Waals surface area contributed by atoms with Crippen molar-refractivity contribution >= 4 is 5.97 Å². The molecule has 0 amide bonds. The third kappa shape index (κ3) is 22.5. The number of carboxylic acids is 1. The van der Waals surface area contributed by atoms with E-state index in [-0.39, 0.29) is 32.5 Å². The summed E-state index contributed by atoms with van der Waals surface area (Å²) in [4.78, 5) is 9.25. The van der Waals surface area contributed by atoms with Crippen molar-refractivity contribution in [3.63, 3.8) is 0 Å². The zero-order valence-electron chi connectivity index (χ0n) is 7.24. The molecule has 0 fully saturated rings. The first-order valence-corrected chi connectivity index (χ1v) is 2.82. The minimum Gasteiger partial charge on any atom is -0.478 e. The van der Waals surface area contributed by atoms with Crippen molar-refractivity contribution < 1.29 is 45.6 Å². The topological polar surface area (TPSA) is 55.8 Å². The number of ether oxygens (including phenoxy) is 2. The predicted octanol–water partition coefficient (Wildman–Crippen LogP) is 0.694. The van der Waals surface area contributed by atoms with Gasteiger partial charge in [0, 0.05) is 52.8 Å². The first-order valence-electron chi connectivity index (χ1n) is 2.82. The summed E-state index contributed by atoms with van der Waals surface area (Å²) in [6.07, 6.45) is 0.519. The van der Waals surface area contributed by atoms with E-state index in [2.05, 4.69) is 23.0 Å². The number of methoxy groups -OCH3 is 2. The molecule has 0 saturated heterocycles. The number of rotatable bonds is 3. The Kier molecular flexibility index (Phi) is 20.3. The number of aliphatic carboxylic acids is 1. The Morgan fingerprint density at radius 3 is 1.83 bits per heavy atom. The monoisotopic (exact) mass is 251 g/mol. The summed E-state index contributed by atoms with van der Waals surface area (Å²) in [7, 11) is 3.09. The minimum atomic E-state index is -0.981. The van der Waals surface area contributed by atoms with E-state index in [1.54, 1.807) is 14.2 Å². The Hall–Kier alpha value is 0.0131. The van der Waals surface area contributed by atoms with Crippen molar-refractivity contribution in [3.8, 4) is 0 Å². The molecule has 0 aliphatic heterocycles. The molecule has 1 N–H and O–H groups in total. The van der Waals surface area contributed by atoms with Crippen LogP contribution in [0.25, 0.3) is 0 Å². The first-order chi connectivity index (χ1) is 5.08. The van der Waals surface area contributed by atoms with Gasteiger partial charge in [-0.05, 0) is 0 Å². The Morgan fingerprint density at radius 1 is 1.58 bits per heavy atom. The van der Waals surface area contributed by atoms with Crippen molar-refractivity contribution in [3.05, 3.63) is 19.6 Å². The second-order valence-corrected chi connectivity index (χ2v) is 1.44. The Morgan fingerprint density at radius 2 is 1.83 bits per heavy atom. The molecule has 0 spiro atoms. The van der Waals surface area contributed by atoms with Gasteiger partial charge in [0.2, 0.25) is 0 Å². The van der Waals surface area contributed by atoms with Crippen molar-refractivity contribution in [2.45, 2.75) is 6.29 Å². The molecule has 0 radical (unpaired) electrons. The van der Waals surface area contributed by atoms with Gasteiger partial charge in [0.25, 0.3) is 0 Å². The van der Waals surface area contributed by atoms with Gasteiger partial charge in [-0.15, -0.1) is 0 Å². The van der Waals surface area contributed by atoms with Crippen LogP contribution in [0.4, 0.5) is 0 Å². The zero-order chi connectivity index (χ0) is 9.28. The van der Waals surface area contributed by atoms with Gasteiger partial charge in [-0.2, -0.15) is 0 Å². The summed E-state index contributed by atoms with van der Waals surface area (Å²) in [6, 6.07) is 0. The van der Waals surface area contributed by atoms with Crippen LogP contribution in [0.1, 0.15) is 0 Å². The quantitative estimate of drug-likeness (QED) is 0.456. The van der Waals surface area contributed by atoms with E-state index in [0.29, 0.717) is 0 Å². The van der Waals surface area contributed by atoms with E-state index < -0.39 is 5.97 Å². The second kappa shape index (κ2) is 13.6. The van der Waals surface area contributed by atoms with Crippen molar-refractivity contribution in [1.29, 1.82) is 0 Å². The van der Waals surface area contributed by atoms with Crippen LogP contribution in [0.3, 0.4) is 0 Å². The van der Waals surface area contributed by atoms with Gasteiger partial charge in [-0.1, -0.05) is 6.58 Å². The maximum absolute atomic E-state index is 9.25. The molecule has 0 bridgehead atoms. The molecule has 0 aromatic heterocycles. The van der Waals surface area contributed by atoms with Crippen LogP contribution in [0, 0.1) is 6.92 Å². The summed E-state index contributed by atoms with van der Waals surface area (Å²) in [5.74, 6) is -0.981. The number of hydrogen-bond donors (Lipinski definition) is 1. The van der Waals surface area contributed by atoms with Crippen molar-refractivity contribution in [1.82, 2.24) is 0 Å². The van der Waals surface area contributed by atoms with Gasteiger partial charge >= 0.3 is 5.97 Å². The average Bonchev–Trinajstić information content (AvgIpc) is 2.04. The van der Waals surface area contributed by atoms with Crippen LogP contribution < -0.4 is 0 Å². The molecule has 0 rings (SSSR count). The summed E-state index contributed by atoms with van der Waals surface area (Å²) < 4.78 is 9.13. The SMILES string of the molecule is C=CC(=O)O.[CH2-]C(OC)OC.[Zr]. The number of hydrogen-bond acceptors (Lipinski definition) is 3. The summed E-state index contributed by atoms with van der Waals surface area (Å²) >= 11 is 0. The van der Waals surface area contributed by atoms with E-state index in [4.69, 9.17) is 5.11 Å². The van der Waals surface area contributed by atoms with Gasteiger partial charge < -0.3 is 14.6 Å². The third-order valence-corrected chi connectivity index (χ3v) is 0.700. The van der Waals surface area contributed by atoms with Gasteiger partial charge in [0.15, 0.2) is 0 Å². The van der Waals surface area contributed by atoms with E-state index >= 15 is 0 Å². The standard InChI is InChI=1S/C4H9O2.C3H4O2.Zr/c1-4(5-2)6-3;1-2-3(4)5;/h4H,1H2,2-3H3;2H,1H2,(H,4,5);/q-1;;. The largest absolute Gasteiger partial charge is 0.478 e. The molecule has 0 unspecified atom stereocenters. The van der Waals surface area contributed by atoms with Crippen LogP contribution in [-0.4, -0.2) is 31.6 Å². The van der Waals surface area contributed by atoms with E-state index in [1.807, 2.05) is 0 Å². The van der Waals surface area contributed by atoms with Crippen molar-refractivity contribution in [2.24, 2.45) is 0 Å². The summed E-state index contributed by atoms with van der Waals surface area (Å²) in [5, 5.41) is 7.60. The van der Waals surface area contributed by atoms with Crippen LogP contribution >= 0.6 is 0 Å². The molecule has 0 aromatic carbocycles. The molecule has 4 nitrogen and oxygen atoms in total. The van der Waals surface area contributed by atoms with Crippen LogP contribution in [0.2, 0.25) is 0 Å². The smallest absolute Gasteiger partial charge is 0.327 e. The maximum Gasteiger partial charge on any atom is 0.327 e. The molecule has 0 heterocycles. The fraction of sp³-hybridized carbons (Fsp3) is 0.429. The second-order valence-electron chi connectivity index (χ2n) is 1.44. The normalized spacial score (nSPS) is 7.67. The fourth-order valence-corrected chi connectivity index (χ4v) is 0.0962. The van der Waals surface area contributed by atoms with Crippen molar-refractivity contribution in [2.75, 3.05) is 14.2 Å². The van der Waals surface area contributed by atoms with Gasteiger partial charge in [0.1, 0.15) is 0 Å². The molecule has 0 saturated carbocycles. The molecular weight excluding hydrogens is 239 g/mol. The third-order valence-electron chi connectivity index (χ3n) is 0.700. The molecular formula is C7H13O4Zr-. The predicted molar refractivity (Wildman–Crippen MR) is 41.0 cm³/mol. The Labute approximate surface area is 91.7 Å². The van der Waals surface area contributed by atoms with Gasteiger partial charge in [-0.3, -0.25) is 6.92 Å². The molecule has 70 valence electrons. The summed E-state index contributed by atoms with van der Waals surface area (Å²) in [6.45, 7) is 6.39. The molecule has 5 heteroatoms. The Bertz CT molecular complexity index is 112. The van der Waals surface area contributed by atoms with Crippen LogP contribution in [-0.2, 0) is 40.5 Å². The number of carboxylic acid groups (broad SMARTS) is 1. The maximum atomic E-state index is 9.25. The first kappa shape index (κ1) is 17.9. The fourth-order valence-electron chi connectivity index (χ4n) is 0.0962. The Balaban J connectivity index is -0.000000126. The molecule has 0 aliphatic rings. The molecule has 0 atom stereocenters. The van der Waals surface area contributed by atoms with E-state index in [0.717, 1.165) is 6.08 Å². The summed E-state index contributed by atoms with van der Waals surface area (Å²) in [5.41, 5.74) is 0. The van der Waals surface area contributed by atoms with Gasteiger partial charge in [-0.25, -0.2) is 4.79 Å². The average molecular weight is 252 g/mol. The molecule has 0 aliphatic carbocycles. The van der Waals surface area contributed by atoms with Crippen LogP contribution in [0.15, 0.2) is 12.7 Å². The van der Waals surface area contributed by atoms with E-state index in [1.165, 1.54) is 0 Å². The van der Waals surface area contributed by atoms with Crippen LogP contribution in [0.5, 0.6) is 0 Å². The number of carbonyl (C=O) groups is 1. The molecule has 0 aromatic rings. The van der Waals surface area contributed by atoms with E-state index in [9.17, 15) is 4.79 Å².